The molecule has 1 heterocycles. The van der Waals surface area contributed by atoms with Crippen molar-refractivity contribution in [3.05, 3.63) is 29.8 Å². The smallest absolute Gasteiger partial charge is 0.252 e. The van der Waals surface area contributed by atoms with Crippen molar-refractivity contribution in [3.8, 4) is 5.75 Å². The van der Waals surface area contributed by atoms with E-state index >= 15 is 0 Å². The summed E-state index contributed by atoms with van der Waals surface area (Å²) in [6, 6.07) is 6.55. The third kappa shape index (κ3) is 1.91. The Morgan fingerprint density at radius 3 is 2.50 bits per heavy atom. The zero-order chi connectivity index (χ0) is 11.7. The SMILES string of the molecule is CC1=NC(Cc2ccc(O)cc2)C(=O)N1C. The van der Waals surface area contributed by atoms with E-state index in [-0.39, 0.29) is 17.7 Å². The first-order valence-electron chi connectivity index (χ1n) is 5.18. The molecule has 1 aliphatic rings. The van der Waals surface area contributed by atoms with Gasteiger partial charge in [-0.15, -0.1) is 0 Å². The Morgan fingerprint density at radius 1 is 1.38 bits per heavy atom. The fourth-order valence-electron chi connectivity index (χ4n) is 1.74. The number of phenols is 1. The van der Waals surface area contributed by atoms with Crippen molar-refractivity contribution in [2.75, 3.05) is 7.05 Å². The van der Waals surface area contributed by atoms with Gasteiger partial charge in [-0.2, -0.15) is 0 Å². The van der Waals surface area contributed by atoms with Crippen LogP contribution in [0.1, 0.15) is 12.5 Å². The van der Waals surface area contributed by atoms with Gasteiger partial charge in [0.15, 0.2) is 0 Å². The zero-order valence-corrected chi connectivity index (χ0v) is 9.34. The number of hydrogen-bond donors (Lipinski definition) is 1. The number of phenolic OH excluding ortho intramolecular Hbond substituents is 1. The normalized spacial score (nSPS) is 20.1. The number of amidine groups is 1. The van der Waals surface area contributed by atoms with Crippen LogP contribution in [0.5, 0.6) is 5.75 Å². The van der Waals surface area contributed by atoms with E-state index in [0.29, 0.717) is 6.42 Å². The first-order valence-corrected chi connectivity index (χ1v) is 5.18. The van der Waals surface area contributed by atoms with E-state index in [1.165, 1.54) is 0 Å². The Labute approximate surface area is 94.2 Å². The highest BCUT2D eigenvalue weighted by atomic mass is 16.3. The largest absolute Gasteiger partial charge is 0.508 e. The summed E-state index contributed by atoms with van der Waals surface area (Å²) < 4.78 is 0. The Bertz CT molecular complexity index is 437. The Kier molecular flexibility index (Phi) is 2.64. The van der Waals surface area contributed by atoms with E-state index in [1.807, 2.05) is 19.1 Å². The molecule has 1 aromatic rings. The van der Waals surface area contributed by atoms with E-state index in [1.54, 1.807) is 24.1 Å². The van der Waals surface area contributed by atoms with Crippen LogP contribution in [-0.4, -0.2) is 34.8 Å². The van der Waals surface area contributed by atoms with Crippen LogP contribution >= 0.6 is 0 Å². The van der Waals surface area contributed by atoms with Crippen molar-refractivity contribution >= 4 is 11.7 Å². The Balaban J connectivity index is 2.12. The summed E-state index contributed by atoms with van der Waals surface area (Å²) in [7, 11) is 1.73. The number of aliphatic imine (C=N–C) groups is 1. The van der Waals surface area contributed by atoms with Gasteiger partial charge < -0.3 is 10.0 Å². The van der Waals surface area contributed by atoms with E-state index in [9.17, 15) is 4.79 Å². The molecule has 0 radical (unpaired) electrons. The number of nitrogens with zero attached hydrogens (tertiary/aromatic N) is 2. The van der Waals surface area contributed by atoms with Crippen LogP contribution in [0.15, 0.2) is 29.3 Å². The number of likely N-dealkylation sites (N-methyl/N-ethyl adjacent to an activating group) is 1. The molecule has 1 N–H and O–H groups in total. The number of amides is 1. The minimum atomic E-state index is -0.311. The molecule has 4 heteroatoms. The lowest BCUT2D eigenvalue weighted by molar-refractivity contribution is -0.126. The average Bonchev–Trinajstić information content (AvgIpc) is 2.50. The van der Waals surface area contributed by atoms with Gasteiger partial charge >= 0.3 is 0 Å². The molecule has 1 aliphatic heterocycles. The number of carbonyl (C=O) groups excluding carboxylic acids is 1. The molecule has 0 aromatic heterocycles. The van der Waals surface area contributed by atoms with Crippen molar-refractivity contribution in [1.82, 2.24) is 4.90 Å². The van der Waals surface area contributed by atoms with E-state index in [4.69, 9.17) is 5.11 Å². The van der Waals surface area contributed by atoms with Gasteiger partial charge in [0.05, 0.1) is 0 Å². The molecule has 0 spiro atoms. The summed E-state index contributed by atoms with van der Waals surface area (Å²) in [5, 5.41) is 9.15. The molecule has 4 nitrogen and oxygen atoms in total. The predicted octanol–water partition coefficient (Wildman–Crippen LogP) is 1.19. The second kappa shape index (κ2) is 3.96. The summed E-state index contributed by atoms with van der Waals surface area (Å²) in [4.78, 5) is 17.6. The number of rotatable bonds is 2. The molecular weight excluding hydrogens is 204 g/mol. The molecule has 0 saturated heterocycles. The minimum Gasteiger partial charge on any atom is -0.508 e. The number of benzene rings is 1. The fourth-order valence-corrected chi connectivity index (χ4v) is 1.74. The van der Waals surface area contributed by atoms with E-state index in [0.717, 1.165) is 11.4 Å². The maximum Gasteiger partial charge on any atom is 0.252 e. The molecular formula is C12H14N2O2. The monoisotopic (exact) mass is 218 g/mol. The highest BCUT2D eigenvalue weighted by Crippen LogP contribution is 2.16. The van der Waals surface area contributed by atoms with Gasteiger partial charge in [0.2, 0.25) is 0 Å². The van der Waals surface area contributed by atoms with E-state index in [2.05, 4.69) is 4.99 Å². The fraction of sp³-hybridized carbons (Fsp3) is 0.333. The third-order valence-corrected chi connectivity index (χ3v) is 2.81. The van der Waals surface area contributed by atoms with Gasteiger partial charge in [0.25, 0.3) is 5.91 Å². The molecule has 16 heavy (non-hydrogen) atoms. The summed E-state index contributed by atoms with van der Waals surface area (Å²) in [5.41, 5.74) is 1.00. The highest BCUT2D eigenvalue weighted by Gasteiger charge is 2.29. The molecule has 2 rings (SSSR count). The second-order valence-corrected chi connectivity index (χ2v) is 3.96. The van der Waals surface area contributed by atoms with Crippen LogP contribution in [0, 0.1) is 0 Å². The van der Waals surface area contributed by atoms with Crippen LogP contribution in [0.4, 0.5) is 0 Å². The summed E-state index contributed by atoms with van der Waals surface area (Å²) >= 11 is 0. The number of hydrogen-bond acceptors (Lipinski definition) is 3. The van der Waals surface area contributed by atoms with Crippen LogP contribution in [0.3, 0.4) is 0 Å². The second-order valence-electron chi connectivity index (χ2n) is 3.96. The lowest BCUT2D eigenvalue weighted by Gasteiger charge is -2.10. The van der Waals surface area contributed by atoms with E-state index < -0.39 is 0 Å². The maximum atomic E-state index is 11.7. The molecule has 0 bridgehead atoms. The lowest BCUT2D eigenvalue weighted by atomic mass is 10.1. The number of aromatic hydroxyl groups is 1. The molecule has 1 amide bonds. The number of carbonyl (C=O) groups is 1. The Morgan fingerprint density at radius 2 is 2.00 bits per heavy atom. The molecule has 1 aromatic carbocycles. The molecule has 0 fully saturated rings. The van der Waals surface area contributed by atoms with Gasteiger partial charge in [0, 0.05) is 13.5 Å². The van der Waals surface area contributed by atoms with Crippen molar-refractivity contribution < 1.29 is 9.90 Å². The molecule has 1 atom stereocenters. The molecule has 1 unspecified atom stereocenters. The maximum absolute atomic E-state index is 11.7. The molecule has 0 aliphatic carbocycles. The van der Waals surface area contributed by atoms with Gasteiger partial charge in [-0.25, -0.2) is 0 Å². The van der Waals surface area contributed by atoms with Crippen LogP contribution in [-0.2, 0) is 11.2 Å². The molecule has 0 saturated carbocycles. The summed E-state index contributed by atoms with van der Waals surface area (Å²) in [6.45, 7) is 1.83. The van der Waals surface area contributed by atoms with Gasteiger partial charge in [-0.1, -0.05) is 12.1 Å². The summed E-state index contributed by atoms with van der Waals surface area (Å²) in [6.07, 6.45) is 0.584. The van der Waals surface area contributed by atoms with Crippen LogP contribution < -0.4 is 0 Å². The standard InChI is InChI=1S/C12H14N2O2/c1-8-13-11(12(16)14(8)2)7-9-3-5-10(15)6-4-9/h3-6,11,15H,7H2,1-2H3. The van der Waals surface area contributed by atoms with Gasteiger partial charge in [0.1, 0.15) is 17.6 Å². The molecule has 84 valence electrons. The van der Waals surface area contributed by atoms with Crippen molar-refractivity contribution in [2.45, 2.75) is 19.4 Å². The van der Waals surface area contributed by atoms with Crippen molar-refractivity contribution in [3.63, 3.8) is 0 Å². The zero-order valence-electron chi connectivity index (χ0n) is 9.34. The quantitative estimate of drug-likeness (QED) is 0.810. The first-order chi connectivity index (χ1) is 7.58. The highest BCUT2D eigenvalue weighted by molar-refractivity contribution is 6.04. The van der Waals surface area contributed by atoms with Crippen LogP contribution in [0.2, 0.25) is 0 Å². The van der Waals surface area contributed by atoms with Crippen LogP contribution in [0.25, 0.3) is 0 Å². The lowest BCUT2D eigenvalue weighted by Crippen LogP contribution is -2.31. The summed E-state index contributed by atoms with van der Waals surface area (Å²) in [5.74, 6) is 1.03. The van der Waals surface area contributed by atoms with Crippen molar-refractivity contribution in [1.29, 1.82) is 0 Å². The Hall–Kier alpha value is -1.84. The third-order valence-electron chi connectivity index (χ3n) is 2.81. The minimum absolute atomic E-state index is 0.0329. The predicted molar refractivity (Wildman–Crippen MR) is 61.5 cm³/mol. The van der Waals surface area contributed by atoms with Gasteiger partial charge in [-0.05, 0) is 24.6 Å². The topological polar surface area (TPSA) is 52.9 Å². The first kappa shape index (κ1) is 10.7. The van der Waals surface area contributed by atoms with Gasteiger partial charge in [-0.3, -0.25) is 9.79 Å². The average molecular weight is 218 g/mol. The van der Waals surface area contributed by atoms with Crippen molar-refractivity contribution in [2.24, 2.45) is 4.99 Å².